The maximum atomic E-state index is 3.37. The highest BCUT2D eigenvalue weighted by Gasteiger charge is 2.17. The molecule has 0 bridgehead atoms. The number of aryl methyl sites for hydroxylation is 2. The molecular weight excluding hydrogens is 336 g/mol. The summed E-state index contributed by atoms with van der Waals surface area (Å²) in [6.07, 6.45) is 10.9. The lowest BCUT2D eigenvalue weighted by atomic mass is 10.1. The molecule has 1 heterocycles. The monoisotopic (exact) mass is 366 g/mol. The predicted octanol–water partition coefficient (Wildman–Crippen LogP) is 6.73. The number of hydrogen-bond acceptors (Lipinski definition) is 3. The van der Waals surface area contributed by atoms with E-state index in [4.69, 9.17) is 0 Å². The van der Waals surface area contributed by atoms with E-state index >= 15 is 0 Å². The molecule has 0 amide bonds. The molecule has 1 aliphatic rings. The lowest BCUT2D eigenvalue weighted by Crippen LogP contribution is -2.22. The molecule has 0 fully saturated rings. The van der Waals surface area contributed by atoms with Crippen LogP contribution in [0.15, 0.2) is 54.7 Å². The minimum Gasteiger partial charge on any atom is -0.294 e. The van der Waals surface area contributed by atoms with Crippen LogP contribution in [0.1, 0.15) is 62.6 Å². The van der Waals surface area contributed by atoms with Crippen LogP contribution in [0.3, 0.4) is 0 Å². The zero-order chi connectivity index (χ0) is 18.2. The fourth-order valence-corrected chi connectivity index (χ4v) is 4.09. The summed E-state index contributed by atoms with van der Waals surface area (Å²) in [6.45, 7) is 4.49. The summed E-state index contributed by atoms with van der Waals surface area (Å²) in [6, 6.07) is 17.9. The number of benzene rings is 2. The second-order valence-corrected chi connectivity index (χ2v) is 7.93. The molecule has 0 radical (unpaired) electrons. The molecule has 1 aliphatic heterocycles. The molecule has 2 aromatic carbocycles. The van der Waals surface area contributed by atoms with Gasteiger partial charge in [0.25, 0.3) is 0 Å². The Kier molecular flexibility index (Phi) is 7.07. The van der Waals surface area contributed by atoms with Crippen LogP contribution in [-0.2, 0) is 12.8 Å². The van der Waals surface area contributed by atoms with Crippen molar-refractivity contribution in [3.8, 4) is 0 Å². The zero-order valence-corrected chi connectivity index (χ0v) is 16.8. The van der Waals surface area contributed by atoms with Crippen LogP contribution in [0.5, 0.6) is 0 Å². The Balaban J connectivity index is 1.54. The summed E-state index contributed by atoms with van der Waals surface area (Å²) >= 11 is 1.75. The molecule has 0 unspecified atom stereocenters. The summed E-state index contributed by atoms with van der Waals surface area (Å²) in [5.74, 6) is 0. The van der Waals surface area contributed by atoms with Crippen molar-refractivity contribution >= 4 is 22.5 Å². The number of rotatable bonds is 9. The average molecular weight is 367 g/mol. The largest absolute Gasteiger partial charge is 0.294 e. The molecule has 0 aliphatic carbocycles. The van der Waals surface area contributed by atoms with Crippen LogP contribution >= 0.6 is 11.9 Å². The zero-order valence-electron chi connectivity index (χ0n) is 16.0. The SMILES string of the molecule is CCCCCCc1ccc(N2NC=C(c3ccc(CCC)cc3)S2)cc1. The van der Waals surface area contributed by atoms with Crippen molar-refractivity contribution in [3.63, 3.8) is 0 Å². The maximum absolute atomic E-state index is 3.37. The number of nitrogens with one attached hydrogen (secondary N) is 1. The molecule has 3 rings (SSSR count). The van der Waals surface area contributed by atoms with E-state index in [9.17, 15) is 0 Å². The number of hydrogen-bond donors (Lipinski definition) is 1. The maximum Gasteiger partial charge on any atom is 0.0704 e. The molecule has 0 aromatic heterocycles. The molecule has 2 nitrogen and oxygen atoms in total. The first-order chi connectivity index (χ1) is 12.8. The molecule has 26 heavy (non-hydrogen) atoms. The van der Waals surface area contributed by atoms with Crippen molar-refractivity contribution in [1.29, 1.82) is 0 Å². The summed E-state index contributed by atoms with van der Waals surface area (Å²) in [7, 11) is 0. The van der Waals surface area contributed by atoms with Crippen molar-refractivity contribution in [2.24, 2.45) is 0 Å². The number of anilines is 1. The van der Waals surface area contributed by atoms with Gasteiger partial charge in [-0.2, -0.15) is 0 Å². The van der Waals surface area contributed by atoms with Gasteiger partial charge in [0.1, 0.15) is 0 Å². The number of unbranched alkanes of at least 4 members (excludes halogenated alkanes) is 3. The fraction of sp³-hybridized carbons (Fsp3) is 0.391. The molecule has 0 saturated heterocycles. The third-order valence-corrected chi connectivity index (χ3v) is 5.82. The first-order valence-corrected chi connectivity index (χ1v) is 10.7. The standard InChI is InChI=1S/C23H30N2S/c1-3-5-6-7-9-20-12-16-22(17-13-20)25-24-18-23(26-25)21-14-10-19(8-4-2)11-15-21/h10-18,24H,3-9H2,1-2H3. The Morgan fingerprint density at radius 3 is 2.15 bits per heavy atom. The van der Waals surface area contributed by atoms with Crippen LogP contribution in [0.4, 0.5) is 5.69 Å². The van der Waals surface area contributed by atoms with Crippen molar-refractivity contribution in [1.82, 2.24) is 5.43 Å². The van der Waals surface area contributed by atoms with Gasteiger partial charge in [0, 0.05) is 18.1 Å². The molecular formula is C23H30N2S. The van der Waals surface area contributed by atoms with Crippen LogP contribution in [-0.4, -0.2) is 0 Å². The highest BCUT2D eigenvalue weighted by Crippen LogP contribution is 2.36. The van der Waals surface area contributed by atoms with Gasteiger partial charge in [0.05, 0.1) is 10.6 Å². The van der Waals surface area contributed by atoms with Crippen LogP contribution in [0.2, 0.25) is 0 Å². The van der Waals surface area contributed by atoms with Crippen molar-refractivity contribution in [2.75, 3.05) is 4.41 Å². The Bertz CT molecular complexity index is 704. The molecule has 0 atom stereocenters. The van der Waals surface area contributed by atoms with Gasteiger partial charge in [-0.15, -0.1) is 0 Å². The summed E-state index contributed by atoms with van der Waals surface area (Å²) in [5, 5.41) is 0. The number of nitrogens with zero attached hydrogens (tertiary/aromatic N) is 1. The smallest absolute Gasteiger partial charge is 0.0704 e. The molecule has 138 valence electrons. The van der Waals surface area contributed by atoms with Gasteiger partial charge in [-0.1, -0.05) is 75.9 Å². The Hall–Kier alpha value is -1.87. The number of hydrazine groups is 1. The Labute approximate surface area is 162 Å². The van der Waals surface area contributed by atoms with Gasteiger partial charge in [-0.3, -0.25) is 5.43 Å². The Morgan fingerprint density at radius 1 is 0.769 bits per heavy atom. The van der Waals surface area contributed by atoms with E-state index in [1.54, 1.807) is 11.9 Å². The van der Waals surface area contributed by atoms with E-state index in [1.165, 1.54) is 65.8 Å². The first kappa shape index (κ1) is 18.9. The van der Waals surface area contributed by atoms with Gasteiger partial charge in [0.15, 0.2) is 0 Å². The minimum absolute atomic E-state index is 1.15. The van der Waals surface area contributed by atoms with E-state index in [0.717, 1.165) is 6.42 Å². The van der Waals surface area contributed by atoms with E-state index in [2.05, 4.69) is 78.4 Å². The van der Waals surface area contributed by atoms with Crippen LogP contribution < -0.4 is 9.84 Å². The minimum atomic E-state index is 1.15. The van der Waals surface area contributed by atoms with Gasteiger partial charge in [-0.25, -0.2) is 4.41 Å². The summed E-state index contributed by atoms with van der Waals surface area (Å²) in [5.41, 5.74) is 8.70. The second kappa shape index (κ2) is 9.72. The second-order valence-electron chi connectivity index (χ2n) is 6.95. The van der Waals surface area contributed by atoms with Gasteiger partial charge < -0.3 is 0 Å². The highest BCUT2D eigenvalue weighted by atomic mass is 32.2. The first-order valence-electron chi connectivity index (χ1n) is 9.93. The van der Waals surface area contributed by atoms with E-state index in [-0.39, 0.29) is 0 Å². The van der Waals surface area contributed by atoms with Crippen molar-refractivity contribution < 1.29 is 0 Å². The predicted molar refractivity (Wildman–Crippen MR) is 116 cm³/mol. The molecule has 2 aromatic rings. The van der Waals surface area contributed by atoms with Crippen molar-refractivity contribution in [2.45, 2.75) is 58.8 Å². The van der Waals surface area contributed by atoms with Gasteiger partial charge in [0.2, 0.25) is 0 Å². The Morgan fingerprint density at radius 2 is 1.46 bits per heavy atom. The molecule has 0 saturated carbocycles. The average Bonchev–Trinajstić information content (AvgIpc) is 3.17. The topological polar surface area (TPSA) is 15.3 Å². The lowest BCUT2D eigenvalue weighted by Gasteiger charge is -2.17. The van der Waals surface area contributed by atoms with Crippen LogP contribution in [0, 0.1) is 0 Å². The fourth-order valence-electron chi connectivity index (χ4n) is 3.21. The molecule has 0 spiro atoms. The third kappa shape index (κ3) is 5.07. The molecule has 3 heteroatoms. The summed E-state index contributed by atoms with van der Waals surface area (Å²) in [4.78, 5) is 1.26. The van der Waals surface area contributed by atoms with Gasteiger partial charge in [-0.05, 0) is 48.1 Å². The quantitative estimate of drug-likeness (QED) is 0.391. The third-order valence-electron chi connectivity index (χ3n) is 4.77. The van der Waals surface area contributed by atoms with Crippen LogP contribution in [0.25, 0.3) is 4.91 Å². The van der Waals surface area contributed by atoms with Gasteiger partial charge >= 0.3 is 0 Å². The van der Waals surface area contributed by atoms with Crippen molar-refractivity contribution in [3.05, 3.63) is 71.4 Å². The normalized spacial score (nSPS) is 13.6. The highest BCUT2D eigenvalue weighted by molar-refractivity contribution is 8.09. The van der Waals surface area contributed by atoms with E-state index < -0.39 is 0 Å². The summed E-state index contributed by atoms with van der Waals surface area (Å²) < 4.78 is 2.14. The molecule has 1 N–H and O–H groups in total. The van der Waals surface area contributed by atoms with E-state index in [0.29, 0.717) is 0 Å². The van der Waals surface area contributed by atoms with E-state index in [1.807, 2.05) is 0 Å². The lowest BCUT2D eigenvalue weighted by molar-refractivity contribution is 0.667.